The molecule has 3 heterocycles. The van der Waals surface area contributed by atoms with E-state index in [0.717, 1.165) is 0 Å². The number of hydrogen-bond donors (Lipinski definition) is 5. The number of aliphatic hydroxyl groups excluding tert-OH is 2. The van der Waals surface area contributed by atoms with Gasteiger partial charge in [0.2, 0.25) is 5.28 Å². The van der Waals surface area contributed by atoms with Crippen LogP contribution in [-0.4, -0.2) is 82.9 Å². The van der Waals surface area contributed by atoms with E-state index in [9.17, 15) is 19.8 Å². The SMILES string of the molecule is Nc1nc(Cl)nc2c1ncn2[C@@H]1O[C@H](COC(C(=O)O)C(=O)O)[C@@H](O)[C@H]1O. The summed E-state index contributed by atoms with van der Waals surface area (Å²) < 4.78 is 11.5. The van der Waals surface area contributed by atoms with Crippen LogP contribution in [0.1, 0.15) is 6.23 Å². The van der Waals surface area contributed by atoms with E-state index in [1.54, 1.807) is 0 Å². The second kappa shape index (κ2) is 7.21. The van der Waals surface area contributed by atoms with E-state index >= 15 is 0 Å². The zero-order chi connectivity index (χ0) is 19.9. The lowest BCUT2D eigenvalue weighted by Crippen LogP contribution is -2.39. The molecule has 0 spiro atoms. The van der Waals surface area contributed by atoms with Gasteiger partial charge in [-0.25, -0.2) is 14.6 Å². The average Bonchev–Trinajstić information content (AvgIpc) is 3.10. The van der Waals surface area contributed by atoms with Crippen molar-refractivity contribution in [2.45, 2.75) is 30.6 Å². The van der Waals surface area contributed by atoms with Crippen LogP contribution in [0.15, 0.2) is 6.33 Å². The zero-order valence-corrected chi connectivity index (χ0v) is 14.1. The molecule has 1 saturated heterocycles. The van der Waals surface area contributed by atoms with Gasteiger partial charge in [0.15, 0.2) is 17.7 Å². The minimum absolute atomic E-state index is 0.00225. The minimum atomic E-state index is -2.14. The van der Waals surface area contributed by atoms with Crippen molar-refractivity contribution in [3.63, 3.8) is 0 Å². The molecule has 3 rings (SSSR count). The van der Waals surface area contributed by atoms with Crippen molar-refractivity contribution < 1.29 is 39.5 Å². The number of aromatic nitrogens is 4. The Balaban J connectivity index is 1.81. The monoisotopic (exact) mass is 403 g/mol. The van der Waals surface area contributed by atoms with Crippen LogP contribution in [0, 0.1) is 0 Å². The van der Waals surface area contributed by atoms with Crippen LogP contribution in [0.5, 0.6) is 0 Å². The van der Waals surface area contributed by atoms with Crippen molar-refractivity contribution in [3.8, 4) is 0 Å². The van der Waals surface area contributed by atoms with Crippen molar-refractivity contribution in [1.29, 1.82) is 0 Å². The fourth-order valence-electron chi connectivity index (χ4n) is 2.63. The summed E-state index contributed by atoms with van der Waals surface area (Å²) in [4.78, 5) is 33.4. The third-order valence-electron chi connectivity index (χ3n) is 3.91. The van der Waals surface area contributed by atoms with E-state index < -0.39 is 49.2 Å². The predicted octanol–water partition coefficient (Wildman–Crippen LogP) is -1.76. The normalized spacial score (nSPS) is 25.3. The number of nitrogens with zero attached hydrogens (tertiary/aromatic N) is 4. The molecule has 1 fully saturated rings. The smallest absolute Gasteiger partial charge is 0.344 e. The van der Waals surface area contributed by atoms with Crippen LogP contribution < -0.4 is 5.73 Å². The lowest BCUT2D eigenvalue weighted by molar-refractivity contribution is -0.170. The molecule has 146 valence electrons. The van der Waals surface area contributed by atoms with Crippen LogP contribution >= 0.6 is 11.6 Å². The van der Waals surface area contributed by atoms with Gasteiger partial charge in [-0.1, -0.05) is 0 Å². The van der Waals surface area contributed by atoms with Crippen molar-refractivity contribution >= 4 is 40.5 Å². The van der Waals surface area contributed by atoms with E-state index in [-0.39, 0.29) is 22.3 Å². The number of imidazole rings is 1. The first-order chi connectivity index (χ1) is 12.7. The number of aliphatic hydroxyl groups is 2. The highest BCUT2D eigenvalue weighted by molar-refractivity contribution is 6.28. The fraction of sp³-hybridized carbons (Fsp3) is 0.462. The van der Waals surface area contributed by atoms with Gasteiger partial charge in [0, 0.05) is 0 Å². The number of carboxylic acids is 2. The standard InChI is InChI=1S/C13H14ClN5O8/c14-13-17-8(15)4-9(18-13)19(2-16-4)10-6(21)5(20)3(27-10)1-26-7(11(22)23)12(24)25/h2-3,5-7,10,20-21H,1H2,(H,22,23)(H,24,25)(H2,15,17,18)/t3-,5-,6-,10-/m1/s1. The summed E-state index contributed by atoms with van der Waals surface area (Å²) in [5, 5.41) is 37.8. The number of rotatable bonds is 6. The van der Waals surface area contributed by atoms with Crippen LogP contribution in [0.4, 0.5) is 5.82 Å². The number of ether oxygens (including phenoxy) is 2. The second-order valence-electron chi connectivity index (χ2n) is 5.64. The van der Waals surface area contributed by atoms with Crippen molar-refractivity contribution in [1.82, 2.24) is 19.5 Å². The Labute approximate surface area is 154 Å². The number of nitrogen functional groups attached to an aromatic ring is 1. The summed E-state index contributed by atoms with van der Waals surface area (Å²) in [5.74, 6) is -3.42. The van der Waals surface area contributed by atoms with Gasteiger partial charge in [0.25, 0.3) is 6.10 Å². The highest BCUT2D eigenvalue weighted by Gasteiger charge is 2.45. The van der Waals surface area contributed by atoms with Gasteiger partial charge in [0.05, 0.1) is 12.9 Å². The molecule has 1 aliphatic heterocycles. The van der Waals surface area contributed by atoms with Crippen molar-refractivity contribution in [2.75, 3.05) is 12.3 Å². The van der Waals surface area contributed by atoms with Crippen LogP contribution in [0.2, 0.25) is 5.28 Å². The topological polar surface area (TPSA) is 203 Å². The number of nitrogens with two attached hydrogens (primary N) is 1. The molecule has 4 atom stereocenters. The van der Waals surface area contributed by atoms with Crippen LogP contribution in [0.3, 0.4) is 0 Å². The van der Waals surface area contributed by atoms with E-state index in [4.69, 9.17) is 37.0 Å². The second-order valence-corrected chi connectivity index (χ2v) is 5.98. The lowest BCUT2D eigenvalue weighted by atomic mass is 10.1. The number of carbonyl (C=O) groups is 2. The number of aliphatic carboxylic acids is 2. The molecule has 2 aromatic heterocycles. The number of hydrogen-bond acceptors (Lipinski definition) is 10. The predicted molar refractivity (Wildman–Crippen MR) is 85.7 cm³/mol. The first-order valence-corrected chi connectivity index (χ1v) is 7.83. The molecule has 2 aromatic rings. The van der Waals surface area contributed by atoms with Crippen LogP contribution in [-0.2, 0) is 19.1 Å². The molecule has 0 radical (unpaired) electrons. The molecule has 0 unspecified atom stereocenters. The number of anilines is 1. The van der Waals surface area contributed by atoms with Gasteiger partial charge < -0.3 is 35.6 Å². The third-order valence-corrected chi connectivity index (χ3v) is 4.08. The molecule has 0 aliphatic carbocycles. The van der Waals surface area contributed by atoms with E-state index in [2.05, 4.69) is 15.0 Å². The van der Waals surface area contributed by atoms with Gasteiger partial charge in [-0.2, -0.15) is 9.97 Å². The fourth-order valence-corrected chi connectivity index (χ4v) is 2.80. The molecular formula is C13H14ClN5O8. The lowest BCUT2D eigenvalue weighted by Gasteiger charge is -2.17. The molecule has 1 aliphatic rings. The third kappa shape index (κ3) is 3.50. The summed E-state index contributed by atoms with van der Waals surface area (Å²) in [6.45, 7) is -0.595. The number of halogens is 1. The molecule has 0 saturated carbocycles. The molecule has 0 aromatic carbocycles. The Morgan fingerprint density at radius 2 is 1.96 bits per heavy atom. The average molecular weight is 404 g/mol. The summed E-state index contributed by atoms with van der Waals surface area (Å²) in [7, 11) is 0. The maximum absolute atomic E-state index is 10.8. The molecule has 27 heavy (non-hydrogen) atoms. The highest BCUT2D eigenvalue weighted by Crippen LogP contribution is 2.32. The van der Waals surface area contributed by atoms with Gasteiger partial charge in [0.1, 0.15) is 23.8 Å². The first-order valence-electron chi connectivity index (χ1n) is 7.45. The zero-order valence-electron chi connectivity index (χ0n) is 13.3. The summed E-state index contributed by atoms with van der Waals surface area (Å²) in [6, 6.07) is 0. The number of fused-ring (bicyclic) bond motifs is 1. The summed E-state index contributed by atoms with van der Waals surface area (Å²) >= 11 is 5.77. The van der Waals surface area contributed by atoms with E-state index in [1.165, 1.54) is 10.9 Å². The Bertz CT molecular complexity index is 877. The quantitative estimate of drug-likeness (QED) is 0.268. The molecule has 14 heteroatoms. The first kappa shape index (κ1) is 19.2. The maximum atomic E-state index is 10.8. The molecule has 0 bridgehead atoms. The van der Waals surface area contributed by atoms with Gasteiger partial charge >= 0.3 is 11.9 Å². The molecule has 0 amide bonds. The summed E-state index contributed by atoms with van der Waals surface area (Å²) in [6.07, 6.45) is -6.26. The Morgan fingerprint density at radius 3 is 2.59 bits per heavy atom. The Hall–Kier alpha value is -2.58. The van der Waals surface area contributed by atoms with Gasteiger partial charge in [-0.15, -0.1) is 0 Å². The van der Waals surface area contributed by atoms with E-state index in [0.29, 0.717) is 0 Å². The molecular weight excluding hydrogens is 390 g/mol. The van der Waals surface area contributed by atoms with Gasteiger partial charge in [-0.05, 0) is 11.6 Å². The minimum Gasteiger partial charge on any atom is -0.479 e. The van der Waals surface area contributed by atoms with Crippen molar-refractivity contribution in [3.05, 3.63) is 11.6 Å². The summed E-state index contributed by atoms with van der Waals surface area (Å²) in [5.41, 5.74) is 6.03. The maximum Gasteiger partial charge on any atom is 0.344 e. The van der Waals surface area contributed by atoms with Crippen molar-refractivity contribution in [2.24, 2.45) is 0 Å². The van der Waals surface area contributed by atoms with Gasteiger partial charge in [-0.3, -0.25) is 4.57 Å². The highest BCUT2D eigenvalue weighted by atomic mass is 35.5. The Morgan fingerprint density at radius 1 is 1.30 bits per heavy atom. The molecule has 6 N–H and O–H groups in total. The van der Waals surface area contributed by atoms with E-state index in [1.807, 2.05) is 0 Å². The van der Waals surface area contributed by atoms with Crippen LogP contribution in [0.25, 0.3) is 11.2 Å². The Kier molecular flexibility index (Phi) is 5.12. The largest absolute Gasteiger partial charge is 0.479 e. The molecule has 13 nitrogen and oxygen atoms in total. The number of carboxylic acid groups (broad SMARTS) is 2.